The first kappa shape index (κ1) is 11.4. The van der Waals surface area contributed by atoms with Crippen molar-refractivity contribution in [3.63, 3.8) is 0 Å². The number of nitrogens with one attached hydrogen (secondary N) is 2. The average Bonchev–Trinajstić information content (AvgIpc) is 2.78. The van der Waals surface area contributed by atoms with Crippen LogP contribution in [0.1, 0.15) is 11.3 Å². The third kappa shape index (κ3) is 2.96. The fourth-order valence-corrected chi connectivity index (χ4v) is 1.26. The fraction of sp³-hybridized carbons (Fsp3) is 0.200. The fourth-order valence-electron chi connectivity index (χ4n) is 1.26. The van der Waals surface area contributed by atoms with Gasteiger partial charge in [0.15, 0.2) is 0 Å². The quantitative estimate of drug-likeness (QED) is 0.869. The van der Waals surface area contributed by atoms with E-state index in [4.69, 9.17) is 0 Å². The minimum Gasteiger partial charge on any atom is -0.366 e. The highest BCUT2D eigenvalue weighted by Crippen LogP contribution is 2.28. The molecule has 0 aliphatic heterocycles. The van der Waals surface area contributed by atoms with Gasteiger partial charge < -0.3 is 5.32 Å². The highest BCUT2D eigenvalue weighted by Gasteiger charge is 2.32. The van der Waals surface area contributed by atoms with Gasteiger partial charge in [-0.15, -0.1) is 0 Å². The maximum Gasteiger partial charge on any atom is 0.433 e. The van der Waals surface area contributed by atoms with E-state index >= 15 is 0 Å². The molecule has 0 atom stereocenters. The molecule has 90 valence electrons. The first-order valence-electron chi connectivity index (χ1n) is 4.81. The topological polar surface area (TPSA) is 53.6 Å². The van der Waals surface area contributed by atoms with E-state index in [1.54, 1.807) is 12.4 Å². The Morgan fingerprint density at radius 2 is 2.12 bits per heavy atom. The highest BCUT2D eigenvalue weighted by atomic mass is 19.4. The van der Waals surface area contributed by atoms with Crippen molar-refractivity contribution in [1.29, 1.82) is 0 Å². The Morgan fingerprint density at radius 1 is 1.29 bits per heavy atom. The molecule has 0 saturated carbocycles. The lowest BCUT2D eigenvalue weighted by Crippen LogP contribution is -2.10. The van der Waals surface area contributed by atoms with Crippen molar-refractivity contribution < 1.29 is 13.2 Å². The molecule has 2 aromatic heterocycles. The Bertz CT molecular complexity index is 479. The van der Waals surface area contributed by atoms with Crippen LogP contribution in [0.4, 0.5) is 19.0 Å². The zero-order chi connectivity index (χ0) is 12.3. The Labute approximate surface area is 94.9 Å². The number of H-pyrrole nitrogens is 1. The standard InChI is InChI=1S/C10H9F3N4/c11-10(12,13)8-2-1-3-9(17-8)14-4-7-5-15-16-6-7/h1-3,5-6H,4H2,(H,14,17)(H,15,16). The summed E-state index contributed by atoms with van der Waals surface area (Å²) in [4.78, 5) is 3.48. The van der Waals surface area contributed by atoms with Gasteiger partial charge in [0.1, 0.15) is 11.5 Å². The van der Waals surface area contributed by atoms with Crippen molar-refractivity contribution in [2.75, 3.05) is 5.32 Å². The number of hydrogen-bond donors (Lipinski definition) is 2. The number of halogens is 3. The van der Waals surface area contributed by atoms with E-state index in [1.165, 1.54) is 12.1 Å². The lowest BCUT2D eigenvalue weighted by molar-refractivity contribution is -0.141. The maximum atomic E-state index is 12.4. The molecule has 2 rings (SSSR count). The molecular weight excluding hydrogens is 233 g/mol. The molecule has 0 fully saturated rings. The van der Waals surface area contributed by atoms with E-state index in [1.807, 2.05) is 0 Å². The van der Waals surface area contributed by atoms with Crippen LogP contribution >= 0.6 is 0 Å². The molecule has 17 heavy (non-hydrogen) atoms. The maximum absolute atomic E-state index is 12.4. The molecule has 7 heteroatoms. The van der Waals surface area contributed by atoms with E-state index in [0.29, 0.717) is 6.54 Å². The van der Waals surface area contributed by atoms with Crippen LogP contribution in [-0.2, 0) is 12.7 Å². The van der Waals surface area contributed by atoms with E-state index in [0.717, 1.165) is 11.6 Å². The molecule has 0 aliphatic rings. The molecule has 0 radical (unpaired) electrons. The number of aromatic amines is 1. The summed E-state index contributed by atoms with van der Waals surface area (Å²) in [7, 11) is 0. The summed E-state index contributed by atoms with van der Waals surface area (Å²) in [6.45, 7) is 0.366. The van der Waals surface area contributed by atoms with Crippen LogP contribution in [0.3, 0.4) is 0 Å². The third-order valence-electron chi connectivity index (χ3n) is 2.07. The molecule has 0 aliphatic carbocycles. The van der Waals surface area contributed by atoms with Crippen molar-refractivity contribution in [3.8, 4) is 0 Å². The lowest BCUT2D eigenvalue weighted by Gasteiger charge is -2.08. The third-order valence-corrected chi connectivity index (χ3v) is 2.07. The van der Waals surface area contributed by atoms with Gasteiger partial charge in [-0.25, -0.2) is 4.98 Å². The first-order chi connectivity index (χ1) is 8.05. The molecule has 4 nitrogen and oxygen atoms in total. The number of pyridine rings is 1. The Hall–Kier alpha value is -2.05. The van der Waals surface area contributed by atoms with Gasteiger partial charge in [-0.05, 0) is 12.1 Å². The van der Waals surface area contributed by atoms with Crippen LogP contribution in [0.25, 0.3) is 0 Å². The van der Waals surface area contributed by atoms with Crippen LogP contribution in [-0.4, -0.2) is 15.2 Å². The second-order valence-corrected chi connectivity index (χ2v) is 3.37. The van der Waals surface area contributed by atoms with E-state index in [2.05, 4.69) is 20.5 Å². The number of alkyl halides is 3. The van der Waals surface area contributed by atoms with Crippen LogP contribution < -0.4 is 5.32 Å². The zero-order valence-electron chi connectivity index (χ0n) is 8.62. The van der Waals surface area contributed by atoms with Gasteiger partial charge in [0.25, 0.3) is 0 Å². The molecular formula is C10H9F3N4. The summed E-state index contributed by atoms with van der Waals surface area (Å²) in [6.07, 6.45) is -1.19. The predicted molar refractivity (Wildman–Crippen MR) is 55.2 cm³/mol. The molecule has 0 bridgehead atoms. The second-order valence-electron chi connectivity index (χ2n) is 3.37. The van der Waals surface area contributed by atoms with Gasteiger partial charge in [-0.3, -0.25) is 5.10 Å². The molecule has 2 heterocycles. The van der Waals surface area contributed by atoms with Crippen molar-refractivity contribution in [2.24, 2.45) is 0 Å². The Balaban J connectivity index is 2.07. The van der Waals surface area contributed by atoms with Gasteiger partial charge in [-0.2, -0.15) is 18.3 Å². The summed E-state index contributed by atoms with van der Waals surface area (Å²) >= 11 is 0. The van der Waals surface area contributed by atoms with Gasteiger partial charge in [0, 0.05) is 18.3 Å². The second kappa shape index (κ2) is 4.44. The summed E-state index contributed by atoms with van der Waals surface area (Å²) in [5.74, 6) is 0.182. The van der Waals surface area contributed by atoms with Crippen LogP contribution in [0.15, 0.2) is 30.6 Å². The van der Waals surface area contributed by atoms with Crippen LogP contribution in [0.2, 0.25) is 0 Å². The van der Waals surface area contributed by atoms with Gasteiger partial charge in [0.05, 0.1) is 6.20 Å². The molecule has 0 amide bonds. The summed E-state index contributed by atoms with van der Waals surface area (Å²) < 4.78 is 37.1. The van der Waals surface area contributed by atoms with Gasteiger partial charge in [0.2, 0.25) is 0 Å². The largest absolute Gasteiger partial charge is 0.433 e. The van der Waals surface area contributed by atoms with Crippen molar-refractivity contribution in [2.45, 2.75) is 12.7 Å². The van der Waals surface area contributed by atoms with Crippen molar-refractivity contribution in [1.82, 2.24) is 15.2 Å². The summed E-state index contributed by atoms with van der Waals surface area (Å²) in [6, 6.07) is 3.73. The molecule has 2 aromatic rings. The molecule has 2 N–H and O–H groups in total. The number of aromatic nitrogens is 3. The van der Waals surface area contributed by atoms with E-state index in [9.17, 15) is 13.2 Å². The Morgan fingerprint density at radius 3 is 2.76 bits per heavy atom. The van der Waals surface area contributed by atoms with Gasteiger partial charge >= 0.3 is 6.18 Å². The highest BCUT2D eigenvalue weighted by molar-refractivity contribution is 5.36. The van der Waals surface area contributed by atoms with Crippen LogP contribution in [0.5, 0.6) is 0 Å². The lowest BCUT2D eigenvalue weighted by atomic mass is 10.3. The zero-order valence-corrected chi connectivity index (χ0v) is 8.62. The van der Waals surface area contributed by atoms with E-state index < -0.39 is 11.9 Å². The SMILES string of the molecule is FC(F)(F)c1cccc(NCc2cn[nH]c2)n1. The van der Waals surface area contributed by atoms with Gasteiger partial charge in [-0.1, -0.05) is 6.07 Å². The van der Waals surface area contributed by atoms with Crippen molar-refractivity contribution >= 4 is 5.82 Å². The molecule has 0 spiro atoms. The summed E-state index contributed by atoms with van der Waals surface area (Å²) in [5.41, 5.74) is -0.0705. The number of nitrogens with zero attached hydrogens (tertiary/aromatic N) is 2. The Kier molecular flexibility index (Phi) is 2.99. The molecule has 0 saturated heterocycles. The smallest absolute Gasteiger partial charge is 0.366 e. The predicted octanol–water partition coefficient (Wildman–Crippen LogP) is 2.44. The molecule has 0 unspecified atom stereocenters. The molecule has 0 aromatic carbocycles. The normalized spacial score (nSPS) is 11.5. The number of hydrogen-bond acceptors (Lipinski definition) is 3. The van der Waals surface area contributed by atoms with Crippen molar-refractivity contribution in [3.05, 3.63) is 41.9 Å². The van der Waals surface area contributed by atoms with Crippen LogP contribution in [0, 0.1) is 0 Å². The first-order valence-corrected chi connectivity index (χ1v) is 4.81. The minimum absolute atomic E-state index is 0.182. The number of anilines is 1. The van der Waals surface area contributed by atoms with E-state index in [-0.39, 0.29) is 5.82 Å². The minimum atomic E-state index is -4.42. The average molecular weight is 242 g/mol. The summed E-state index contributed by atoms with van der Waals surface area (Å²) in [5, 5.41) is 9.13. The monoisotopic (exact) mass is 242 g/mol. The number of rotatable bonds is 3.